The second kappa shape index (κ2) is 9.52. The van der Waals surface area contributed by atoms with E-state index in [2.05, 4.69) is 4.74 Å². The molecule has 1 aromatic rings. The number of rotatable bonds is 9. The van der Waals surface area contributed by atoms with E-state index >= 15 is 0 Å². The predicted molar refractivity (Wildman–Crippen MR) is 97.1 cm³/mol. The third-order valence-corrected chi connectivity index (χ3v) is 5.39. The Labute approximate surface area is 162 Å². The van der Waals surface area contributed by atoms with Crippen LogP contribution in [-0.4, -0.2) is 19.6 Å². The average Bonchev–Trinajstić information content (AvgIpc) is 3.10. The SMILES string of the molecule is Fc1c(OC/C=C/C2CCCC2)ccc(OCCC2CCC2)c1OC(F)(F)F. The lowest BCUT2D eigenvalue weighted by Crippen LogP contribution is -2.19. The first kappa shape index (κ1) is 20.8. The highest BCUT2D eigenvalue weighted by Gasteiger charge is 2.35. The number of allylic oxidation sites excluding steroid dienone is 1. The molecule has 0 radical (unpaired) electrons. The van der Waals surface area contributed by atoms with E-state index < -0.39 is 17.9 Å². The third-order valence-electron chi connectivity index (χ3n) is 5.39. The van der Waals surface area contributed by atoms with Crippen molar-refractivity contribution >= 4 is 0 Å². The number of benzene rings is 1. The molecule has 0 N–H and O–H groups in total. The summed E-state index contributed by atoms with van der Waals surface area (Å²) in [6.45, 7) is 0.309. The van der Waals surface area contributed by atoms with Gasteiger partial charge in [-0.1, -0.05) is 44.3 Å². The lowest BCUT2D eigenvalue weighted by molar-refractivity contribution is -0.276. The first-order valence-corrected chi connectivity index (χ1v) is 9.93. The van der Waals surface area contributed by atoms with Gasteiger partial charge >= 0.3 is 6.36 Å². The Hall–Kier alpha value is -1.92. The van der Waals surface area contributed by atoms with E-state index in [1.54, 1.807) is 6.08 Å². The number of hydrogen-bond acceptors (Lipinski definition) is 3. The molecule has 0 atom stereocenters. The molecule has 28 heavy (non-hydrogen) atoms. The number of ether oxygens (including phenoxy) is 3. The number of hydrogen-bond donors (Lipinski definition) is 0. The van der Waals surface area contributed by atoms with Crippen molar-refractivity contribution in [2.24, 2.45) is 11.8 Å². The van der Waals surface area contributed by atoms with Gasteiger partial charge in [-0.15, -0.1) is 13.2 Å². The quantitative estimate of drug-likeness (QED) is 0.352. The van der Waals surface area contributed by atoms with Crippen LogP contribution in [0.25, 0.3) is 0 Å². The lowest BCUT2D eigenvalue weighted by Gasteiger charge is -2.25. The summed E-state index contributed by atoms with van der Waals surface area (Å²) in [6.07, 6.45) is 7.54. The van der Waals surface area contributed by atoms with Crippen molar-refractivity contribution in [2.45, 2.75) is 57.7 Å². The zero-order valence-electron chi connectivity index (χ0n) is 15.8. The number of alkyl halides is 3. The molecule has 3 rings (SSSR count). The summed E-state index contributed by atoms with van der Waals surface area (Å²) in [5, 5.41) is 0. The molecule has 156 valence electrons. The van der Waals surface area contributed by atoms with Crippen LogP contribution >= 0.6 is 0 Å². The van der Waals surface area contributed by atoms with Crippen LogP contribution in [0.5, 0.6) is 17.2 Å². The summed E-state index contributed by atoms with van der Waals surface area (Å²) in [6, 6.07) is 2.54. The van der Waals surface area contributed by atoms with Crippen LogP contribution < -0.4 is 14.2 Å². The second-order valence-electron chi connectivity index (χ2n) is 7.47. The molecule has 3 nitrogen and oxygen atoms in total. The molecule has 2 saturated carbocycles. The van der Waals surface area contributed by atoms with Gasteiger partial charge in [-0.05, 0) is 43.2 Å². The molecule has 0 aliphatic heterocycles. The van der Waals surface area contributed by atoms with E-state index in [0.29, 0.717) is 11.8 Å². The Balaban J connectivity index is 1.63. The zero-order valence-corrected chi connectivity index (χ0v) is 15.8. The fourth-order valence-electron chi connectivity index (χ4n) is 3.61. The molecule has 2 fully saturated rings. The van der Waals surface area contributed by atoms with Gasteiger partial charge in [0.25, 0.3) is 0 Å². The molecular weight excluding hydrogens is 376 g/mol. The van der Waals surface area contributed by atoms with Gasteiger partial charge in [0.15, 0.2) is 11.5 Å². The lowest BCUT2D eigenvalue weighted by atomic mass is 9.83. The van der Waals surface area contributed by atoms with Gasteiger partial charge in [0.2, 0.25) is 11.6 Å². The molecule has 0 aromatic heterocycles. The summed E-state index contributed by atoms with van der Waals surface area (Å²) < 4.78 is 67.4. The molecule has 1 aromatic carbocycles. The van der Waals surface area contributed by atoms with E-state index in [9.17, 15) is 17.6 Å². The normalized spacial score (nSPS) is 18.4. The summed E-state index contributed by atoms with van der Waals surface area (Å²) in [5.74, 6) is -1.69. The Kier molecular flexibility index (Phi) is 7.08. The standard InChI is InChI=1S/C21H26F4O3/c22-19-17(26-13-4-9-15-5-1-2-6-15)10-11-18(20(19)28-21(23,24)25)27-14-12-16-7-3-8-16/h4,9-11,15-16H,1-3,5-8,12-14H2/b9-4+. The van der Waals surface area contributed by atoms with E-state index in [1.807, 2.05) is 6.08 Å². The molecular formula is C21H26F4O3. The molecule has 0 bridgehead atoms. The molecule has 0 unspecified atom stereocenters. The first-order valence-electron chi connectivity index (χ1n) is 9.93. The van der Waals surface area contributed by atoms with Crippen molar-refractivity contribution in [1.29, 1.82) is 0 Å². The van der Waals surface area contributed by atoms with Gasteiger partial charge in [0.05, 0.1) is 6.61 Å². The van der Waals surface area contributed by atoms with Crippen LogP contribution in [0.1, 0.15) is 51.4 Å². The van der Waals surface area contributed by atoms with E-state index in [4.69, 9.17) is 9.47 Å². The summed E-state index contributed by atoms with van der Waals surface area (Å²) >= 11 is 0. The molecule has 0 spiro atoms. The first-order chi connectivity index (χ1) is 13.4. The van der Waals surface area contributed by atoms with Crippen molar-refractivity contribution < 1.29 is 31.8 Å². The molecule has 0 saturated heterocycles. The minimum atomic E-state index is -5.02. The Morgan fingerprint density at radius 2 is 1.68 bits per heavy atom. The number of halogens is 4. The maximum Gasteiger partial charge on any atom is 0.573 e. The topological polar surface area (TPSA) is 27.7 Å². The van der Waals surface area contributed by atoms with Gasteiger partial charge in [-0.3, -0.25) is 0 Å². The molecule has 2 aliphatic carbocycles. The second-order valence-corrected chi connectivity index (χ2v) is 7.47. The van der Waals surface area contributed by atoms with Crippen molar-refractivity contribution in [3.05, 3.63) is 30.1 Å². The average molecular weight is 402 g/mol. The van der Waals surface area contributed by atoms with E-state index in [0.717, 1.165) is 32.1 Å². The van der Waals surface area contributed by atoms with Gasteiger partial charge in [0.1, 0.15) is 6.61 Å². The largest absolute Gasteiger partial charge is 0.573 e. The van der Waals surface area contributed by atoms with Crippen LogP contribution in [0.2, 0.25) is 0 Å². The van der Waals surface area contributed by atoms with E-state index in [-0.39, 0.29) is 24.7 Å². The Bertz CT molecular complexity index is 662. The highest BCUT2D eigenvalue weighted by Crippen LogP contribution is 2.40. The predicted octanol–water partition coefficient (Wildman–Crippen LogP) is 6.42. The van der Waals surface area contributed by atoms with Crippen molar-refractivity contribution in [2.75, 3.05) is 13.2 Å². The van der Waals surface area contributed by atoms with Crippen LogP contribution in [0.3, 0.4) is 0 Å². The minimum absolute atomic E-state index is 0.0841. The molecule has 2 aliphatic rings. The van der Waals surface area contributed by atoms with Crippen LogP contribution in [-0.2, 0) is 0 Å². The minimum Gasteiger partial charge on any atom is -0.490 e. The summed E-state index contributed by atoms with van der Waals surface area (Å²) in [7, 11) is 0. The monoisotopic (exact) mass is 402 g/mol. The molecule has 7 heteroatoms. The van der Waals surface area contributed by atoms with Crippen LogP contribution in [0, 0.1) is 17.7 Å². The fourth-order valence-corrected chi connectivity index (χ4v) is 3.61. The van der Waals surface area contributed by atoms with Gasteiger partial charge < -0.3 is 14.2 Å². The van der Waals surface area contributed by atoms with Crippen molar-refractivity contribution in [3.63, 3.8) is 0 Å². The molecule has 0 amide bonds. The van der Waals surface area contributed by atoms with Gasteiger partial charge in [0, 0.05) is 0 Å². The zero-order chi connectivity index (χ0) is 20.0. The van der Waals surface area contributed by atoms with Crippen LogP contribution in [0.15, 0.2) is 24.3 Å². The third kappa shape index (κ3) is 6.04. The van der Waals surface area contributed by atoms with Gasteiger partial charge in [-0.2, -0.15) is 4.39 Å². The molecule has 0 heterocycles. The highest BCUT2D eigenvalue weighted by molar-refractivity contribution is 5.47. The Morgan fingerprint density at radius 3 is 2.32 bits per heavy atom. The maximum absolute atomic E-state index is 14.6. The maximum atomic E-state index is 14.6. The van der Waals surface area contributed by atoms with Gasteiger partial charge in [-0.25, -0.2) is 0 Å². The van der Waals surface area contributed by atoms with Crippen LogP contribution in [0.4, 0.5) is 17.6 Å². The highest BCUT2D eigenvalue weighted by atomic mass is 19.4. The fraction of sp³-hybridized carbons (Fsp3) is 0.619. The summed E-state index contributed by atoms with van der Waals surface area (Å²) in [5.41, 5.74) is 0. The van der Waals surface area contributed by atoms with Crippen molar-refractivity contribution in [3.8, 4) is 17.2 Å². The Morgan fingerprint density at radius 1 is 0.964 bits per heavy atom. The summed E-state index contributed by atoms with van der Waals surface area (Å²) in [4.78, 5) is 0. The van der Waals surface area contributed by atoms with Crippen molar-refractivity contribution in [1.82, 2.24) is 0 Å². The van der Waals surface area contributed by atoms with E-state index in [1.165, 1.54) is 31.4 Å². The smallest absolute Gasteiger partial charge is 0.490 e.